The number of benzene rings is 1. The number of urea groups is 1. The van der Waals surface area contributed by atoms with E-state index in [1.165, 1.54) is 0 Å². The fraction of sp³-hybridized carbons (Fsp3) is 0.500. The predicted octanol–water partition coefficient (Wildman–Crippen LogP) is 2.61. The summed E-state index contributed by atoms with van der Waals surface area (Å²) >= 11 is 5.85. The summed E-state index contributed by atoms with van der Waals surface area (Å²) < 4.78 is 0. The van der Waals surface area contributed by atoms with E-state index in [-0.39, 0.29) is 18.0 Å². The highest BCUT2D eigenvalue weighted by atomic mass is 35.5. The molecule has 1 aliphatic rings. The summed E-state index contributed by atoms with van der Waals surface area (Å²) in [5.41, 5.74) is 0.629. The van der Waals surface area contributed by atoms with Crippen molar-refractivity contribution in [3.63, 3.8) is 0 Å². The first-order chi connectivity index (χ1) is 10.5. The molecule has 5 nitrogen and oxygen atoms in total. The van der Waals surface area contributed by atoms with E-state index in [1.54, 1.807) is 34.1 Å². The van der Waals surface area contributed by atoms with Crippen LogP contribution in [0.3, 0.4) is 0 Å². The first-order valence-electron chi connectivity index (χ1n) is 7.57. The number of hydrogen-bond donors (Lipinski definition) is 1. The first-order valence-corrected chi connectivity index (χ1v) is 7.95. The van der Waals surface area contributed by atoms with Gasteiger partial charge in [0.25, 0.3) is 5.91 Å². The Morgan fingerprint density at radius 1 is 1.05 bits per heavy atom. The standard InChI is InChI=1S/C16H22ClN3O2/c1-12(2)18-16(22)20-9-3-8-19(10-11-20)15(21)13-4-6-14(17)7-5-13/h4-7,12H,3,8-11H2,1-2H3,(H,18,22). The van der Waals surface area contributed by atoms with Gasteiger partial charge in [0, 0.05) is 42.8 Å². The number of hydrogen-bond acceptors (Lipinski definition) is 2. The fourth-order valence-corrected chi connectivity index (χ4v) is 2.56. The largest absolute Gasteiger partial charge is 0.337 e. The molecule has 22 heavy (non-hydrogen) atoms. The molecular weight excluding hydrogens is 302 g/mol. The van der Waals surface area contributed by atoms with Crippen LogP contribution in [-0.2, 0) is 0 Å². The van der Waals surface area contributed by atoms with Crippen LogP contribution < -0.4 is 5.32 Å². The van der Waals surface area contributed by atoms with Crippen LogP contribution in [0.5, 0.6) is 0 Å². The van der Waals surface area contributed by atoms with Gasteiger partial charge in [-0.05, 0) is 44.5 Å². The molecule has 0 spiro atoms. The van der Waals surface area contributed by atoms with Crippen molar-refractivity contribution in [1.29, 1.82) is 0 Å². The maximum absolute atomic E-state index is 12.5. The van der Waals surface area contributed by atoms with Crippen LogP contribution in [0.4, 0.5) is 4.79 Å². The molecule has 0 radical (unpaired) electrons. The summed E-state index contributed by atoms with van der Waals surface area (Å²) in [5.74, 6) is -0.0113. The molecule has 1 aliphatic heterocycles. The third kappa shape index (κ3) is 4.37. The van der Waals surface area contributed by atoms with E-state index in [0.717, 1.165) is 6.42 Å². The Labute approximate surface area is 136 Å². The van der Waals surface area contributed by atoms with E-state index in [9.17, 15) is 9.59 Å². The molecule has 120 valence electrons. The molecule has 1 aromatic rings. The molecule has 0 unspecified atom stereocenters. The van der Waals surface area contributed by atoms with Crippen LogP contribution in [-0.4, -0.2) is 54.0 Å². The maximum Gasteiger partial charge on any atom is 0.317 e. The maximum atomic E-state index is 12.5. The Hall–Kier alpha value is -1.75. The minimum absolute atomic E-state index is 0.0113. The second-order valence-corrected chi connectivity index (χ2v) is 6.18. The van der Waals surface area contributed by atoms with Crippen molar-refractivity contribution in [1.82, 2.24) is 15.1 Å². The van der Waals surface area contributed by atoms with Gasteiger partial charge in [-0.1, -0.05) is 11.6 Å². The number of rotatable bonds is 2. The molecule has 3 amide bonds. The summed E-state index contributed by atoms with van der Waals surface area (Å²) in [6, 6.07) is 6.96. The van der Waals surface area contributed by atoms with Crippen molar-refractivity contribution >= 4 is 23.5 Å². The Bertz CT molecular complexity index is 531. The molecule has 1 saturated heterocycles. The zero-order chi connectivity index (χ0) is 16.1. The van der Waals surface area contributed by atoms with Gasteiger partial charge < -0.3 is 15.1 Å². The van der Waals surface area contributed by atoms with Gasteiger partial charge >= 0.3 is 6.03 Å². The van der Waals surface area contributed by atoms with Gasteiger partial charge in [0.15, 0.2) is 0 Å². The third-order valence-electron chi connectivity index (χ3n) is 3.57. The van der Waals surface area contributed by atoms with Crippen molar-refractivity contribution in [3.8, 4) is 0 Å². The van der Waals surface area contributed by atoms with E-state index in [4.69, 9.17) is 11.6 Å². The molecule has 1 N–H and O–H groups in total. The molecular formula is C16H22ClN3O2. The van der Waals surface area contributed by atoms with Gasteiger partial charge in [0.2, 0.25) is 0 Å². The van der Waals surface area contributed by atoms with Crippen LogP contribution in [0.25, 0.3) is 0 Å². The Kier molecular flexibility index (Phi) is 5.66. The van der Waals surface area contributed by atoms with Crippen LogP contribution >= 0.6 is 11.6 Å². The van der Waals surface area contributed by atoms with Crippen molar-refractivity contribution in [3.05, 3.63) is 34.9 Å². The lowest BCUT2D eigenvalue weighted by atomic mass is 10.2. The fourth-order valence-electron chi connectivity index (χ4n) is 2.44. The van der Waals surface area contributed by atoms with Crippen LogP contribution in [0.2, 0.25) is 5.02 Å². The van der Waals surface area contributed by atoms with Crippen molar-refractivity contribution < 1.29 is 9.59 Å². The van der Waals surface area contributed by atoms with Gasteiger partial charge in [-0.3, -0.25) is 4.79 Å². The Morgan fingerprint density at radius 2 is 1.64 bits per heavy atom. The Balaban J connectivity index is 1.96. The SMILES string of the molecule is CC(C)NC(=O)N1CCCN(C(=O)c2ccc(Cl)cc2)CC1. The lowest BCUT2D eigenvalue weighted by Gasteiger charge is -2.23. The molecule has 1 aromatic carbocycles. The van der Waals surface area contributed by atoms with E-state index in [1.807, 2.05) is 13.8 Å². The summed E-state index contributed by atoms with van der Waals surface area (Å²) in [4.78, 5) is 28.1. The lowest BCUT2D eigenvalue weighted by Crippen LogP contribution is -2.44. The summed E-state index contributed by atoms with van der Waals surface area (Å²) in [7, 11) is 0. The van der Waals surface area contributed by atoms with Gasteiger partial charge in [0.1, 0.15) is 0 Å². The molecule has 0 aliphatic carbocycles. The highest BCUT2D eigenvalue weighted by Crippen LogP contribution is 2.13. The predicted molar refractivity (Wildman–Crippen MR) is 87.2 cm³/mol. The average molecular weight is 324 g/mol. The Morgan fingerprint density at radius 3 is 2.27 bits per heavy atom. The minimum Gasteiger partial charge on any atom is -0.337 e. The third-order valence-corrected chi connectivity index (χ3v) is 3.83. The van der Waals surface area contributed by atoms with Gasteiger partial charge in [-0.25, -0.2) is 4.79 Å². The molecule has 1 fully saturated rings. The van der Waals surface area contributed by atoms with Crippen LogP contribution in [0.15, 0.2) is 24.3 Å². The van der Waals surface area contributed by atoms with E-state index in [2.05, 4.69) is 5.32 Å². The van der Waals surface area contributed by atoms with Gasteiger partial charge in [-0.15, -0.1) is 0 Å². The number of carbonyl (C=O) groups is 2. The number of amides is 3. The molecule has 1 heterocycles. The topological polar surface area (TPSA) is 52.7 Å². The molecule has 0 atom stereocenters. The molecule has 6 heteroatoms. The highest BCUT2D eigenvalue weighted by molar-refractivity contribution is 6.30. The van der Waals surface area contributed by atoms with E-state index >= 15 is 0 Å². The monoisotopic (exact) mass is 323 g/mol. The van der Waals surface area contributed by atoms with Crippen molar-refractivity contribution in [2.45, 2.75) is 26.3 Å². The van der Waals surface area contributed by atoms with Crippen molar-refractivity contribution in [2.24, 2.45) is 0 Å². The van der Waals surface area contributed by atoms with Gasteiger partial charge in [0.05, 0.1) is 0 Å². The molecule has 0 bridgehead atoms. The van der Waals surface area contributed by atoms with Crippen molar-refractivity contribution in [2.75, 3.05) is 26.2 Å². The average Bonchev–Trinajstić information content (AvgIpc) is 2.72. The lowest BCUT2D eigenvalue weighted by molar-refractivity contribution is 0.0762. The summed E-state index contributed by atoms with van der Waals surface area (Å²) in [5, 5.41) is 3.51. The zero-order valence-corrected chi connectivity index (χ0v) is 13.8. The minimum atomic E-state index is -0.0595. The second-order valence-electron chi connectivity index (χ2n) is 5.74. The quantitative estimate of drug-likeness (QED) is 0.909. The normalized spacial score (nSPS) is 15.6. The summed E-state index contributed by atoms with van der Waals surface area (Å²) in [6.45, 7) is 6.30. The highest BCUT2D eigenvalue weighted by Gasteiger charge is 2.22. The second kappa shape index (κ2) is 7.49. The molecule has 0 saturated carbocycles. The molecule has 2 rings (SSSR count). The zero-order valence-electron chi connectivity index (χ0n) is 13.0. The van der Waals surface area contributed by atoms with Crippen LogP contribution in [0, 0.1) is 0 Å². The molecule has 0 aromatic heterocycles. The van der Waals surface area contributed by atoms with E-state index in [0.29, 0.717) is 36.8 Å². The number of halogens is 1. The smallest absolute Gasteiger partial charge is 0.317 e. The summed E-state index contributed by atoms with van der Waals surface area (Å²) in [6.07, 6.45) is 0.783. The number of nitrogens with zero attached hydrogens (tertiary/aromatic N) is 2. The number of carbonyl (C=O) groups excluding carboxylic acids is 2. The first kappa shape index (κ1) is 16.6. The number of nitrogens with one attached hydrogen (secondary N) is 1. The van der Waals surface area contributed by atoms with E-state index < -0.39 is 0 Å². The van der Waals surface area contributed by atoms with Gasteiger partial charge in [-0.2, -0.15) is 0 Å². The van der Waals surface area contributed by atoms with Crippen LogP contribution in [0.1, 0.15) is 30.6 Å².